The van der Waals surface area contributed by atoms with E-state index in [1.165, 1.54) is 0 Å². The third-order valence-electron chi connectivity index (χ3n) is 2.29. The Morgan fingerprint density at radius 3 is 2.72 bits per heavy atom. The molecule has 0 saturated carbocycles. The molecule has 0 bridgehead atoms. The van der Waals surface area contributed by atoms with E-state index in [2.05, 4.69) is 36.0 Å². The van der Waals surface area contributed by atoms with Gasteiger partial charge in [0, 0.05) is 4.90 Å². The van der Waals surface area contributed by atoms with E-state index in [-0.39, 0.29) is 0 Å². The summed E-state index contributed by atoms with van der Waals surface area (Å²) in [6, 6.07) is 5.52. The number of fused-ring (bicyclic) bond motifs is 1. The largest absolute Gasteiger partial charge is 0.774 e. The van der Waals surface area contributed by atoms with Crippen LogP contribution in [-0.2, 0) is 0 Å². The molecule has 2 rings (SSSR count). The molecule has 2 aromatic rings. The van der Waals surface area contributed by atoms with Gasteiger partial charge in [-0.05, 0) is 40.9 Å². The van der Waals surface area contributed by atoms with Crippen LogP contribution in [0.1, 0.15) is 12.8 Å². The Balaban J connectivity index is 2.07. The third kappa shape index (κ3) is 3.30. The quantitative estimate of drug-likeness (QED) is 0.670. The Kier molecular flexibility index (Phi) is 3.98. The lowest BCUT2D eigenvalue weighted by atomic mass is 10.3. The van der Waals surface area contributed by atoms with E-state index in [1.54, 1.807) is 17.8 Å². The molecule has 94 valence electrons. The zero-order valence-corrected chi connectivity index (χ0v) is 11.4. The molecule has 0 atom stereocenters. The van der Waals surface area contributed by atoms with Gasteiger partial charge in [-0.1, -0.05) is 24.9 Å². The number of hydrogen-bond donors (Lipinski definition) is 1. The van der Waals surface area contributed by atoms with Crippen LogP contribution < -0.4 is 0 Å². The van der Waals surface area contributed by atoms with Gasteiger partial charge in [-0.3, -0.25) is 0 Å². The molecule has 1 aromatic carbocycles. The second-order valence-corrected chi connectivity index (χ2v) is 5.70. The number of rotatable bonds is 5. The van der Waals surface area contributed by atoms with E-state index in [0.717, 1.165) is 27.5 Å². The van der Waals surface area contributed by atoms with Crippen molar-refractivity contribution in [2.24, 2.45) is 0 Å². The molecule has 0 aliphatic heterocycles. The summed E-state index contributed by atoms with van der Waals surface area (Å²) in [6.07, 6.45) is 1.65. The fourth-order valence-corrected chi connectivity index (χ4v) is 2.40. The monoisotopic (exact) mass is 278 g/mol. The molecule has 6 heteroatoms. The summed E-state index contributed by atoms with van der Waals surface area (Å²) < 4.78 is 0. The van der Waals surface area contributed by atoms with Crippen molar-refractivity contribution in [3.05, 3.63) is 46.4 Å². The molecule has 0 aliphatic carbocycles. The van der Waals surface area contributed by atoms with Crippen molar-refractivity contribution in [2.45, 2.75) is 17.7 Å². The number of thioether (sulfide) groups is 1. The number of allylic oxidation sites excluding steroid dienone is 2. The van der Waals surface area contributed by atoms with E-state index in [1.807, 2.05) is 12.1 Å². The molecule has 0 amide bonds. The smallest absolute Gasteiger partial charge is 0.114 e. The lowest BCUT2D eigenvalue weighted by Gasteiger charge is -2.04. The molecule has 0 fully saturated rings. The molecule has 1 heterocycles. The fourth-order valence-electron chi connectivity index (χ4n) is 1.44. The maximum absolute atomic E-state index is 11.0. The highest BCUT2D eigenvalue weighted by atomic mass is 32.2. The van der Waals surface area contributed by atoms with E-state index >= 15 is 0 Å². The summed E-state index contributed by atoms with van der Waals surface area (Å²) in [5.41, 5.74) is 1.20. The van der Waals surface area contributed by atoms with E-state index in [9.17, 15) is 5.21 Å². The van der Waals surface area contributed by atoms with Crippen molar-refractivity contribution < 1.29 is 0 Å². The van der Waals surface area contributed by atoms with Crippen molar-refractivity contribution in [2.75, 3.05) is 0 Å². The predicted molar refractivity (Wildman–Crippen MR) is 78.7 cm³/mol. The average molecular weight is 278 g/mol. The van der Waals surface area contributed by atoms with Gasteiger partial charge < -0.3 is 5.21 Å². The standard InChI is InChI=1S/C12H12N3OS2/c1-8(17)3-4-9(2)18-10-5-6-11-12(7-10)14-15(16)13-11/h5-7,17H,1-4H2/q-1. The van der Waals surface area contributed by atoms with Crippen LogP contribution in [0.2, 0.25) is 0 Å². The Hall–Kier alpha value is -1.40. The first kappa shape index (κ1) is 13.0. The molecule has 0 spiro atoms. The summed E-state index contributed by atoms with van der Waals surface area (Å²) in [5, 5.41) is 18.4. The van der Waals surface area contributed by atoms with Gasteiger partial charge in [0.2, 0.25) is 0 Å². The van der Waals surface area contributed by atoms with E-state index < -0.39 is 0 Å². The van der Waals surface area contributed by atoms with Gasteiger partial charge in [0.05, 0.1) is 0 Å². The van der Waals surface area contributed by atoms with Crippen LogP contribution in [0.15, 0.2) is 46.1 Å². The topological polar surface area (TPSA) is 53.8 Å². The SMILES string of the molecule is C=C(S)CCC(=C)Sc1ccc2nn([O-])nc2c1. The minimum atomic E-state index is 0.332. The normalized spacial score (nSPS) is 10.7. The highest BCUT2D eigenvalue weighted by Crippen LogP contribution is 2.30. The minimum absolute atomic E-state index is 0.332. The molecule has 18 heavy (non-hydrogen) atoms. The Bertz CT molecular complexity index is 606. The number of thiol groups is 1. The van der Waals surface area contributed by atoms with Crippen LogP contribution in [0, 0.1) is 5.21 Å². The highest BCUT2D eigenvalue weighted by Gasteiger charge is 2.03. The summed E-state index contributed by atoms with van der Waals surface area (Å²) in [6.45, 7) is 7.73. The molecule has 4 nitrogen and oxygen atoms in total. The third-order valence-corrected chi connectivity index (χ3v) is 3.49. The van der Waals surface area contributed by atoms with Gasteiger partial charge in [0.1, 0.15) is 11.0 Å². The molecule has 1 aromatic heterocycles. The van der Waals surface area contributed by atoms with Gasteiger partial charge in [0.15, 0.2) is 0 Å². The van der Waals surface area contributed by atoms with Crippen LogP contribution in [0.3, 0.4) is 0 Å². The highest BCUT2D eigenvalue weighted by molar-refractivity contribution is 8.03. The fraction of sp³-hybridized carbons (Fsp3) is 0.167. The molecule has 0 N–H and O–H groups in total. The first-order valence-corrected chi connectivity index (χ1v) is 6.58. The zero-order chi connectivity index (χ0) is 13.1. The van der Waals surface area contributed by atoms with Crippen LogP contribution >= 0.6 is 24.4 Å². The number of aromatic nitrogens is 3. The Labute approximate surface area is 115 Å². The summed E-state index contributed by atoms with van der Waals surface area (Å²) in [5.74, 6) is 0. The maximum Gasteiger partial charge on any atom is 0.114 e. The summed E-state index contributed by atoms with van der Waals surface area (Å²) >= 11 is 5.71. The first-order valence-electron chi connectivity index (χ1n) is 5.31. The van der Waals surface area contributed by atoms with Crippen LogP contribution in [0.25, 0.3) is 11.0 Å². The van der Waals surface area contributed by atoms with Crippen molar-refractivity contribution in [1.82, 2.24) is 15.2 Å². The average Bonchev–Trinajstić information content (AvgIpc) is 2.66. The van der Waals surface area contributed by atoms with Crippen molar-refractivity contribution in [1.29, 1.82) is 0 Å². The van der Waals surface area contributed by atoms with Crippen LogP contribution in [0.5, 0.6) is 0 Å². The van der Waals surface area contributed by atoms with Crippen molar-refractivity contribution in [3.8, 4) is 0 Å². The van der Waals surface area contributed by atoms with Crippen molar-refractivity contribution in [3.63, 3.8) is 0 Å². The number of nitrogens with zero attached hydrogens (tertiary/aromatic N) is 3. The molecule has 0 radical (unpaired) electrons. The molecular weight excluding hydrogens is 266 g/mol. The second-order valence-electron chi connectivity index (χ2n) is 3.81. The van der Waals surface area contributed by atoms with Crippen LogP contribution in [-0.4, -0.2) is 15.2 Å². The van der Waals surface area contributed by atoms with Crippen LogP contribution in [0.4, 0.5) is 0 Å². The van der Waals surface area contributed by atoms with Gasteiger partial charge in [-0.2, -0.15) is 10.2 Å². The van der Waals surface area contributed by atoms with Gasteiger partial charge >= 0.3 is 0 Å². The molecule has 0 saturated heterocycles. The van der Waals surface area contributed by atoms with E-state index in [4.69, 9.17) is 0 Å². The predicted octanol–water partition coefficient (Wildman–Crippen LogP) is 3.61. The lowest BCUT2D eigenvalue weighted by Crippen LogP contribution is -1.88. The van der Waals surface area contributed by atoms with E-state index in [0.29, 0.717) is 16.0 Å². The minimum Gasteiger partial charge on any atom is -0.774 e. The first-order chi connectivity index (χ1) is 8.54. The van der Waals surface area contributed by atoms with Gasteiger partial charge in [-0.25, -0.2) is 4.96 Å². The molecular formula is C12H12N3OS2-. The lowest BCUT2D eigenvalue weighted by molar-refractivity contribution is 0.769. The van der Waals surface area contributed by atoms with Crippen molar-refractivity contribution >= 4 is 35.4 Å². The maximum atomic E-state index is 11.0. The summed E-state index contributed by atoms with van der Waals surface area (Å²) in [7, 11) is 0. The molecule has 0 aliphatic rings. The zero-order valence-electron chi connectivity index (χ0n) is 9.67. The number of hydrogen-bond acceptors (Lipinski definition) is 5. The number of benzene rings is 1. The Morgan fingerprint density at radius 1 is 1.28 bits per heavy atom. The Morgan fingerprint density at radius 2 is 2.00 bits per heavy atom. The van der Waals surface area contributed by atoms with Gasteiger partial charge in [0.25, 0.3) is 0 Å². The second kappa shape index (κ2) is 5.49. The molecule has 0 unspecified atom stereocenters. The van der Waals surface area contributed by atoms with Gasteiger partial charge in [-0.15, -0.1) is 12.6 Å². The summed E-state index contributed by atoms with van der Waals surface area (Å²) in [4.78, 5) is 3.21.